The first-order valence-corrected chi connectivity index (χ1v) is 5.43. The van der Waals surface area contributed by atoms with Crippen LogP contribution < -0.4 is 0 Å². The average molecular weight is 244 g/mol. The van der Waals surface area contributed by atoms with Gasteiger partial charge in [0.05, 0.1) is 6.10 Å². The predicted molar refractivity (Wildman–Crippen MR) is 61.6 cm³/mol. The molecule has 1 N–H and O–H groups in total. The summed E-state index contributed by atoms with van der Waals surface area (Å²) in [6, 6.07) is 3.75. The van der Waals surface area contributed by atoms with Crippen LogP contribution in [0.25, 0.3) is 0 Å². The number of aliphatic hydroxyl groups excluding tert-OH is 1. The predicted octanol–water partition coefficient (Wildman–Crippen LogP) is 3.06. The number of halogens is 2. The van der Waals surface area contributed by atoms with E-state index in [2.05, 4.69) is 0 Å². The normalized spacial score (nSPS) is 15.7. The van der Waals surface area contributed by atoms with E-state index in [1.54, 1.807) is 0 Å². The fourth-order valence-electron chi connectivity index (χ4n) is 1.87. The van der Waals surface area contributed by atoms with Crippen LogP contribution >= 0.6 is 0 Å². The summed E-state index contributed by atoms with van der Waals surface area (Å²) in [5.74, 6) is -1.99. The summed E-state index contributed by atoms with van der Waals surface area (Å²) in [5, 5.41) is 10.1. The minimum absolute atomic E-state index is 0.0771. The summed E-state index contributed by atoms with van der Waals surface area (Å²) in [4.78, 5) is 0. The maximum absolute atomic E-state index is 13.5. The molecular weight excluding hydrogens is 226 g/mol. The summed E-state index contributed by atoms with van der Waals surface area (Å²) in [6.07, 6.45) is -1.81. The molecule has 96 valence electrons. The van der Waals surface area contributed by atoms with Gasteiger partial charge in [-0.05, 0) is 11.5 Å². The van der Waals surface area contributed by atoms with Gasteiger partial charge in [0.25, 0.3) is 0 Å². The zero-order valence-electron chi connectivity index (χ0n) is 10.5. The van der Waals surface area contributed by atoms with Gasteiger partial charge in [0.1, 0.15) is 6.10 Å². The molecule has 2 unspecified atom stereocenters. The molecule has 0 amide bonds. The van der Waals surface area contributed by atoms with Gasteiger partial charge in [0.2, 0.25) is 0 Å². The summed E-state index contributed by atoms with van der Waals surface area (Å²) in [6.45, 7) is 5.59. The number of rotatable bonds is 3. The van der Waals surface area contributed by atoms with Gasteiger partial charge in [-0.1, -0.05) is 32.9 Å². The van der Waals surface area contributed by atoms with Crippen LogP contribution in [0, 0.1) is 17.0 Å². The van der Waals surface area contributed by atoms with Crippen molar-refractivity contribution in [1.29, 1.82) is 0 Å². The lowest BCUT2D eigenvalue weighted by Gasteiger charge is -2.33. The highest BCUT2D eigenvalue weighted by Crippen LogP contribution is 2.33. The molecule has 2 nitrogen and oxygen atoms in total. The molecule has 0 fully saturated rings. The van der Waals surface area contributed by atoms with Gasteiger partial charge in [-0.3, -0.25) is 0 Å². The maximum atomic E-state index is 13.5. The molecule has 1 aromatic rings. The highest BCUT2D eigenvalue weighted by Gasteiger charge is 2.34. The van der Waals surface area contributed by atoms with Gasteiger partial charge < -0.3 is 9.84 Å². The third kappa shape index (κ3) is 3.01. The van der Waals surface area contributed by atoms with Crippen molar-refractivity contribution in [1.82, 2.24) is 0 Å². The Hall–Kier alpha value is -1.00. The van der Waals surface area contributed by atoms with Crippen LogP contribution in [0.5, 0.6) is 0 Å². The molecule has 2 atom stereocenters. The van der Waals surface area contributed by atoms with Crippen molar-refractivity contribution in [3.05, 3.63) is 35.4 Å². The second kappa shape index (κ2) is 5.10. The first-order chi connectivity index (χ1) is 7.79. The largest absolute Gasteiger partial charge is 0.386 e. The molecule has 0 aliphatic carbocycles. The van der Waals surface area contributed by atoms with Crippen molar-refractivity contribution in [3.63, 3.8) is 0 Å². The lowest BCUT2D eigenvalue weighted by atomic mass is 9.83. The summed E-state index contributed by atoms with van der Waals surface area (Å²) in [5.41, 5.74) is -0.459. The Kier molecular flexibility index (Phi) is 4.22. The zero-order valence-corrected chi connectivity index (χ0v) is 10.5. The molecule has 0 spiro atoms. The molecule has 4 heteroatoms. The van der Waals surface area contributed by atoms with Crippen LogP contribution in [-0.4, -0.2) is 18.3 Å². The molecule has 1 aromatic carbocycles. The Morgan fingerprint density at radius 3 is 2.29 bits per heavy atom. The van der Waals surface area contributed by atoms with E-state index in [0.29, 0.717) is 0 Å². The van der Waals surface area contributed by atoms with Gasteiger partial charge in [0.15, 0.2) is 11.6 Å². The van der Waals surface area contributed by atoms with Crippen molar-refractivity contribution >= 4 is 0 Å². The van der Waals surface area contributed by atoms with Gasteiger partial charge in [-0.15, -0.1) is 0 Å². The smallest absolute Gasteiger partial charge is 0.164 e. The SMILES string of the molecule is COC(C(O)c1cccc(F)c1F)C(C)(C)C. The molecule has 0 saturated carbocycles. The first kappa shape index (κ1) is 14.1. The summed E-state index contributed by atoms with van der Waals surface area (Å²) >= 11 is 0. The molecule has 0 bridgehead atoms. The van der Waals surface area contributed by atoms with E-state index in [4.69, 9.17) is 4.74 Å². The molecule has 1 rings (SSSR count). The first-order valence-electron chi connectivity index (χ1n) is 5.43. The van der Waals surface area contributed by atoms with E-state index in [1.807, 2.05) is 20.8 Å². The minimum Gasteiger partial charge on any atom is -0.386 e. The van der Waals surface area contributed by atoms with Gasteiger partial charge in [-0.2, -0.15) is 0 Å². The van der Waals surface area contributed by atoms with Gasteiger partial charge in [-0.25, -0.2) is 8.78 Å². The minimum atomic E-state index is -1.20. The van der Waals surface area contributed by atoms with Crippen molar-refractivity contribution < 1.29 is 18.6 Å². The van der Waals surface area contributed by atoms with E-state index in [9.17, 15) is 13.9 Å². The fraction of sp³-hybridized carbons (Fsp3) is 0.538. The molecular formula is C13H18F2O2. The Balaban J connectivity index is 3.11. The van der Waals surface area contributed by atoms with E-state index < -0.39 is 23.8 Å². The molecule has 0 heterocycles. The topological polar surface area (TPSA) is 29.5 Å². The summed E-state index contributed by atoms with van der Waals surface area (Å²) < 4.78 is 31.8. The summed E-state index contributed by atoms with van der Waals surface area (Å²) in [7, 11) is 1.44. The monoisotopic (exact) mass is 244 g/mol. The Labute approximate surface area is 100 Å². The maximum Gasteiger partial charge on any atom is 0.164 e. The van der Waals surface area contributed by atoms with Crippen molar-refractivity contribution in [2.75, 3.05) is 7.11 Å². The van der Waals surface area contributed by atoms with Crippen LogP contribution in [-0.2, 0) is 4.74 Å². The van der Waals surface area contributed by atoms with E-state index in [1.165, 1.54) is 19.2 Å². The van der Waals surface area contributed by atoms with Crippen LogP contribution in [0.2, 0.25) is 0 Å². The van der Waals surface area contributed by atoms with E-state index in [-0.39, 0.29) is 11.0 Å². The number of hydrogen-bond donors (Lipinski definition) is 1. The third-order valence-corrected chi connectivity index (χ3v) is 2.69. The molecule has 0 aromatic heterocycles. The second-order valence-corrected chi connectivity index (χ2v) is 5.11. The highest BCUT2D eigenvalue weighted by atomic mass is 19.2. The highest BCUT2D eigenvalue weighted by molar-refractivity contribution is 5.22. The molecule has 0 aliphatic heterocycles. The van der Waals surface area contributed by atoms with Crippen molar-refractivity contribution in [2.24, 2.45) is 5.41 Å². The van der Waals surface area contributed by atoms with Crippen LogP contribution in [0.4, 0.5) is 8.78 Å². The molecule has 0 radical (unpaired) electrons. The number of benzene rings is 1. The second-order valence-electron chi connectivity index (χ2n) is 5.11. The van der Waals surface area contributed by atoms with E-state index in [0.717, 1.165) is 6.07 Å². The Morgan fingerprint density at radius 2 is 1.82 bits per heavy atom. The van der Waals surface area contributed by atoms with Crippen LogP contribution in [0.3, 0.4) is 0 Å². The Bertz CT molecular complexity index is 385. The number of ether oxygens (including phenoxy) is 1. The standard InChI is InChI=1S/C13H18F2O2/c1-13(2,3)12(17-4)11(16)8-6-5-7-9(14)10(8)15/h5-7,11-12,16H,1-4H3. The van der Waals surface area contributed by atoms with Gasteiger partial charge in [0, 0.05) is 12.7 Å². The average Bonchev–Trinajstić information content (AvgIpc) is 2.20. The molecule has 0 aliphatic rings. The third-order valence-electron chi connectivity index (χ3n) is 2.69. The quantitative estimate of drug-likeness (QED) is 0.885. The van der Waals surface area contributed by atoms with Gasteiger partial charge >= 0.3 is 0 Å². The van der Waals surface area contributed by atoms with Crippen LogP contribution in [0.1, 0.15) is 32.4 Å². The molecule has 0 saturated heterocycles. The lowest BCUT2D eigenvalue weighted by Crippen LogP contribution is -2.34. The van der Waals surface area contributed by atoms with Crippen molar-refractivity contribution in [3.8, 4) is 0 Å². The number of aliphatic hydroxyl groups is 1. The lowest BCUT2D eigenvalue weighted by molar-refractivity contribution is -0.0737. The number of methoxy groups -OCH3 is 1. The fourth-order valence-corrected chi connectivity index (χ4v) is 1.87. The Morgan fingerprint density at radius 1 is 1.24 bits per heavy atom. The molecule has 17 heavy (non-hydrogen) atoms. The van der Waals surface area contributed by atoms with Crippen molar-refractivity contribution in [2.45, 2.75) is 33.0 Å². The number of hydrogen-bond acceptors (Lipinski definition) is 2. The van der Waals surface area contributed by atoms with E-state index >= 15 is 0 Å². The zero-order chi connectivity index (χ0) is 13.2. The van der Waals surface area contributed by atoms with Crippen LogP contribution in [0.15, 0.2) is 18.2 Å².